The summed E-state index contributed by atoms with van der Waals surface area (Å²) in [6, 6.07) is 0. The third-order valence-electron chi connectivity index (χ3n) is 6.98. The van der Waals surface area contributed by atoms with Crippen LogP contribution in [-0.4, -0.2) is 27.8 Å². The molecule has 0 aliphatic heterocycles. The molecule has 154 valence electrons. The average molecular weight is 388 g/mol. The summed E-state index contributed by atoms with van der Waals surface area (Å²) in [6.45, 7) is 10.9. The van der Waals surface area contributed by atoms with Gasteiger partial charge in [-0.2, -0.15) is 5.10 Å². The summed E-state index contributed by atoms with van der Waals surface area (Å²) in [5.41, 5.74) is 0.877. The summed E-state index contributed by atoms with van der Waals surface area (Å²) in [4.78, 5) is 26.0. The fourth-order valence-electron chi connectivity index (χ4n) is 7.05. The number of hydrogen-bond donors (Lipinski definition) is 1. The number of nitrogens with zero attached hydrogens (tertiary/aromatic N) is 2. The van der Waals surface area contributed by atoms with Gasteiger partial charge in [0.15, 0.2) is 5.69 Å². The van der Waals surface area contributed by atoms with Crippen LogP contribution in [0, 0.1) is 22.2 Å². The zero-order valence-electron chi connectivity index (χ0n) is 17.8. The Bertz CT molecular complexity index is 794. The van der Waals surface area contributed by atoms with E-state index >= 15 is 0 Å². The van der Waals surface area contributed by atoms with Crippen molar-refractivity contribution in [3.05, 3.63) is 11.9 Å². The van der Waals surface area contributed by atoms with Crippen molar-refractivity contribution in [2.45, 2.75) is 85.8 Å². The highest BCUT2D eigenvalue weighted by molar-refractivity contribution is 6.02. The molecule has 28 heavy (non-hydrogen) atoms. The van der Waals surface area contributed by atoms with Gasteiger partial charge in [-0.3, -0.25) is 9.48 Å². The Labute approximate surface area is 167 Å². The molecule has 0 radical (unpaired) electrons. The third-order valence-corrected chi connectivity index (χ3v) is 6.98. The van der Waals surface area contributed by atoms with Crippen LogP contribution in [0.25, 0.3) is 0 Å². The van der Waals surface area contributed by atoms with Gasteiger partial charge in [-0.15, -0.1) is 0 Å². The molecule has 1 amide bonds. The van der Waals surface area contributed by atoms with Gasteiger partial charge in [-0.1, -0.05) is 13.8 Å². The van der Waals surface area contributed by atoms with Gasteiger partial charge in [0.05, 0.1) is 17.2 Å². The molecule has 1 aromatic heterocycles. The molecule has 4 aliphatic rings. The first-order valence-electron chi connectivity index (χ1n) is 10.7. The fraction of sp³-hybridized carbons (Fsp3) is 0.773. The maximum absolute atomic E-state index is 13.5. The first kappa shape index (κ1) is 19.5. The van der Waals surface area contributed by atoms with Crippen LogP contribution >= 0.6 is 0 Å². The zero-order valence-corrected chi connectivity index (χ0v) is 17.8. The highest BCUT2D eigenvalue weighted by atomic mass is 16.5. The van der Waals surface area contributed by atoms with Crippen molar-refractivity contribution in [3.63, 3.8) is 0 Å². The van der Waals surface area contributed by atoms with Gasteiger partial charge in [0, 0.05) is 12.7 Å². The molecule has 0 spiro atoms. The van der Waals surface area contributed by atoms with E-state index in [1.807, 2.05) is 20.8 Å². The van der Waals surface area contributed by atoms with Crippen LogP contribution in [0.4, 0.5) is 5.69 Å². The number of nitrogens with one attached hydrogen (secondary N) is 1. The van der Waals surface area contributed by atoms with E-state index in [-0.39, 0.29) is 34.0 Å². The van der Waals surface area contributed by atoms with Gasteiger partial charge in [-0.25, -0.2) is 4.79 Å². The van der Waals surface area contributed by atoms with Crippen LogP contribution < -0.4 is 5.32 Å². The highest BCUT2D eigenvalue weighted by Gasteiger charge is 2.62. The minimum atomic E-state index is -0.484. The molecule has 0 saturated heterocycles. The Hall–Kier alpha value is -1.85. The van der Waals surface area contributed by atoms with Gasteiger partial charge in [-0.05, 0) is 76.0 Å². The number of carbonyl (C=O) groups is 2. The summed E-state index contributed by atoms with van der Waals surface area (Å²) in [6.07, 6.45) is 8.11. The quantitative estimate of drug-likeness (QED) is 0.760. The molecule has 1 heterocycles. The predicted octanol–water partition coefficient (Wildman–Crippen LogP) is 4.40. The molecular weight excluding hydrogens is 354 g/mol. The number of rotatable bonds is 5. The standard InChI is InChI=1S/C22H33N3O3/c1-6-25-10-16(17(24-25)18(26)28-14(2)3)23-19(27)22-9-15-7-20(4,12-22)11-21(5,8-15)13-22/h10,14-15H,6-9,11-13H2,1-5H3,(H,23,27). The molecule has 1 aromatic rings. The van der Waals surface area contributed by atoms with Gasteiger partial charge < -0.3 is 10.1 Å². The normalized spacial score (nSPS) is 36.0. The first-order valence-corrected chi connectivity index (χ1v) is 10.7. The van der Waals surface area contributed by atoms with E-state index in [2.05, 4.69) is 24.3 Å². The van der Waals surface area contributed by atoms with E-state index in [9.17, 15) is 9.59 Å². The minimum Gasteiger partial charge on any atom is -0.458 e. The number of ether oxygens (including phenoxy) is 1. The molecule has 6 nitrogen and oxygen atoms in total. The van der Waals surface area contributed by atoms with E-state index in [1.165, 1.54) is 19.3 Å². The van der Waals surface area contributed by atoms with E-state index in [0.717, 1.165) is 19.3 Å². The number of esters is 1. The lowest BCUT2D eigenvalue weighted by Gasteiger charge is -2.64. The number of aryl methyl sites for hydroxylation is 1. The van der Waals surface area contributed by atoms with Crippen molar-refractivity contribution in [2.24, 2.45) is 22.2 Å². The largest absolute Gasteiger partial charge is 0.458 e. The second-order valence-electron chi connectivity index (χ2n) is 10.6. The number of anilines is 1. The maximum atomic E-state index is 13.5. The molecule has 2 atom stereocenters. The minimum absolute atomic E-state index is 0.0586. The second-order valence-corrected chi connectivity index (χ2v) is 10.6. The molecule has 6 heteroatoms. The molecular formula is C22H33N3O3. The average Bonchev–Trinajstić information content (AvgIpc) is 2.94. The summed E-state index contributed by atoms with van der Waals surface area (Å²) >= 11 is 0. The predicted molar refractivity (Wildman–Crippen MR) is 107 cm³/mol. The van der Waals surface area contributed by atoms with Crippen molar-refractivity contribution in [1.82, 2.24) is 9.78 Å². The Balaban J connectivity index is 1.61. The van der Waals surface area contributed by atoms with Crippen molar-refractivity contribution in [3.8, 4) is 0 Å². The second kappa shape index (κ2) is 6.33. The van der Waals surface area contributed by atoms with Crippen LogP contribution in [0.3, 0.4) is 0 Å². The molecule has 4 bridgehead atoms. The van der Waals surface area contributed by atoms with Crippen molar-refractivity contribution in [2.75, 3.05) is 5.32 Å². The monoisotopic (exact) mass is 387 g/mol. The summed E-state index contributed by atoms with van der Waals surface area (Å²) in [5, 5.41) is 7.42. The van der Waals surface area contributed by atoms with Crippen LogP contribution in [0.15, 0.2) is 6.20 Å². The van der Waals surface area contributed by atoms with Gasteiger partial charge >= 0.3 is 5.97 Å². The van der Waals surface area contributed by atoms with E-state index in [1.54, 1.807) is 10.9 Å². The summed E-state index contributed by atoms with van der Waals surface area (Å²) in [5.74, 6) is 0.214. The number of aromatic nitrogens is 2. The molecule has 2 unspecified atom stereocenters. The van der Waals surface area contributed by atoms with Gasteiger partial charge in [0.1, 0.15) is 0 Å². The molecule has 1 N–H and O–H groups in total. The summed E-state index contributed by atoms with van der Waals surface area (Å²) in [7, 11) is 0. The van der Waals surface area contributed by atoms with E-state index in [0.29, 0.717) is 18.2 Å². The number of amides is 1. The lowest BCUT2D eigenvalue weighted by molar-refractivity contribution is -0.165. The van der Waals surface area contributed by atoms with Crippen molar-refractivity contribution < 1.29 is 14.3 Å². The maximum Gasteiger partial charge on any atom is 0.361 e. The molecule has 0 aromatic carbocycles. The van der Waals surface area contributed by atoms with Crippen LogP contribution in [0.5, 0.6) is 0 Å². The van der Waals surface area contributed by atoms with Gasteiger partial charge in [0.2, 0.25) is 5.91 Å². The highest BCUT2D eigenvalue weighted by Crippen LogP contribution is 2.69. The van der Waals surface area contributed by atoms with Crippen molar-refractivity contribution >= 4 is 17.6 Å². The molecule has 4 aliphatic carbocycles. The summed E-state index contributed by atoms with van der Waals surface area (Å²) < 4.78 is 7.01. The lowest BCUT2D eigenvalue weighted by Crippen LogP contribution is -2.58. The molecule has 4 fully saturated rings. The third kappa shape index (κ3) is 3.25. The Morgan fingerprint density at radius 2 is 1.86 bits per heavy atom. The topological polar surface area (TPSA) is 73.2 Å². The Kier molecular flexibility index (Phi) is 4.40. The van der Waals surface area contributed by atoms with E-state index in [4.69, 9.17) is 4.74 Å². The molecule has 5 rings (SSSR count). The van der Waals surface area contributed by atoms with Crippen LogP contribution in [-0.2, 0) is 16.1 Å². The number of hydrogen-bond acceptors (Lipinski definition) is 4. The Morgan fingerprint density at radius 1 is 1.21 bits per heavy atom. The molecule has 4 saturated carbocycles. The van der Waals surface area contributed by atoms with Crippen LogP contribution in [0.1, 0.15) is 83.6 Å². The first-order chi connectivity index (χ1) is 13.1. The zero-order chi connectivity index (χ0) is 20.3. The SMILES string of the molecule is CCn1cc(NC(=O)C23CC4CC(C)(CC(C)(C4)C2)C3)c(C(=O)OC(C)C)n1. The van der Waals surface area contributed by atoms with Crippen LogP contribution in [0.2, 0.25) is 0 Å². The fourth-order valence-corrected chi connectivity index (χ4v) is 7.05. The van der Waals surface area contributed by atoms with E-state index < -0.39 is 5.97 Å². The van der Waals surface area contributed by atoms with Crippen molar-refractivity contribution in [1.29, 1.82) is 0 Å². The lowest BCUT2D eigenvalue weighted by atomic mass is 9.40. The Morgan fingerprint density at radius 3 is 2.39 bits per heavy atom. The van der Waals surface area contributed by atoms with Gasteiger partial charge in [0.25, 0.3) is 0 Å². The smallest absolute Gasteiger partial charge is 0.361 e. The number of carbonyl (C=O) groups excluding carboxylic acids is 2.